The molecule has 0 unspecified atom stereocenters. The summed E-state index contributed by atoms with van der Waals surface area (Å²) in [5.41, 5.74) is 2.15. The fourth-order valence-corrected chi connectivity index (χ4v) is 3.40. The van der Waals surface area contributed by atoms with Crippen LogP contribution in [0, 0.1) is 0 Å². The molecule has 0 aliphatic carbocycles. The third-order valence-corrected chi connectivity index (χ3v) is 4.90. The van der Waals surface area contributed by atoms with Crippen LogP contribution in [0.25, 0.3) is 0 Å². The minimum atomic E-state index is 0.0869. The van der Waals surface area contributed by atoms with Crippen LogP contribution in [0.2, 0.25) is 0 Å². The van der Waals surface area contributed by atoms with Gasteiger partial charge in [-0.3, -0.25) is 9.69 Å². The maximum Gasteiger partial charge on any atom is 0.238 e. The minimum absolute atomic E-state index is 0.0869. The number of anilines is 2. The Morgan fingerprint density at radius 1 is 0.957 bits per heavy atom. The number of benzene rings is 1. The van der Waals surface area contributed by atoms with Crippen LogP contribution in [0.1, 0.15) is 19.8 Å². The summed E-state index contributed by atoms with van der Waals surface area (Å²) >= 11 is 0. The maximum absolute atomic E-state index is 12.2. The van der Waals surface area contributed by atoms with Crippen molar-refractivity contribution in [2.24, 2.45) is 0 Å². The summed E-state index contributed by atoms with van der Waals surface area (Å²) in [5.74, 6) is 0.0869. The van der Waals surface area contributed by atoms with Crippen LogP contribution >= 0.6 is 0 Å². The number of rotatable bonds is 5. The molecular formula is C18H28N4O. The Morgan fingerprint density at radius 2 is 1.57 bits per heavy atom. The van der Waals surface area contributed by atoms with Crippen molar-refractivity contribution in [2.75, 3.05) is 62.6 Å². The first-order chi connectivity index (χ1) is 11.2. The van der Waals surface area contributed by atoms with Crippen LogP contribution in [0.3, 0.4) is 0 Å². The lowest BCUT2D eigenvalue weighted by Crippen LogP contribution is -2.48. The molecule has 5 nitrogen and oxygen atoms in total. The molecule has 23 heavy (non-hydrogen) atoms. The highest BCUT2D eigenvalue weighted by atomic mass is 16.2. The highest BCUT2D eigenvalue weighted by molar-refractivity contribution is 5.92. The number of amides is 1. The van der Waals surface area contributed by atoms with Crippen molar-refractivity contribution in [1.82, 2.24) is 9.80 Å². The smallest absolute Gasteiger partial charge is 0.238 e. The highest BCUT2D eigenvalue weighted by Crippen LogP contribution is 2.22. The summed E-state index contributed by atoms with van der Waals surface area (Å²) in [6.45, 7) is 10.2. The molecule has 1 N–H and O–H groups in total. The summed E-state index contributed by atoms with van der Waals surface area (Å²) in [5, 5.41) is 3.02. The Labute approximate surface area is 139 Å². The van der Waals surface area contributed by atoms with Gasteiger partial charge in [0.25, 0.3) is 0 Å². The number of nitrogens with zero attached hydrogens (tertiary/aromatic N) is 3. The third kappa shape index (κ3) is 4.45. The minimum Gasteiger partial charge on any atom is -0.372 e. The Morgan fingerprint density at radius 3 is 2.17 bits per heavy atom. The Balaban J connectivity index is 1.46. The van der Waals surface area contributed by atoms with Crippen molar-refractivity contribution in [2.45, 2.75) is 19.8 Å². The quantitative estimate of drug-likeness (QED) is 0.900. The zero-order valence-corrected chi connectivity index (χ0v) is 14.1. The van der Waals surface area contributed by atoms with Gasteiger partial charge in [0.05, 0.1) is 6.54 Å². The number of carbonyl (C=O) groups is 1. The molecule has 0 saturated carbocycles. The van der Waals surface area contributed by atoms with E-state index in [0.717, 1.165) is 51.5 Å². The van der Waals surface area contributed by atoms with Crippen LogP contribution in [0.5, 0.6) is 0 Å². The molecule has 2 saturated heterocycles. The summed E-state index contributed by atoms with van der Waals surface area (Å²) in [4.78, 5) is 19.3. The molecule has 3 rings (SSSR count). The van der Waals surface area contributed by atoms with Crippen molar-refractivity contribution >= 4 is 17.3 Å². The number of nitrogens with one attached hydrogen (secondary N) is 1. The summed E-state index contributed by atoms with van der Waals surface area (Å²) in [6.07, 6.45) is 2.56. The first-order valence-corrected chi connectivity index (χ1v) is 8.84. The van der Waals surface area contributed by atoms with E-state index in [1.165, 1.54) is 18.5 Å². The molecular weight excluding hydrogens is 288 g/mol. The van der Waals surface area contributed by atoms with Gasteiger partial charge in [-0.1, -0.05) is 6.92 Å². The van der Waals surface area contributed by atoms with E-state index in [1.54, 1.807) is 0 Å². The van der Waals surface area contributed by atoms with E-state index < -0.39 is 0 Å². The normalized spacial score (nSPS) is 20.0. The van der Waals surface area contributed by atoms with Crippen LogP contribution < -0.4 is 10.2 Å². The topological polar surface area (TPSA) is 38.8 Å². The Hall–Kier alpha value is -1.59. The lowest BCUT2D eigenvalue weighted by Gasteiger charge is -2.33. The standard InChI is InChI=1S/C18H28N4O/c1-2-20-11-13-21(14-12-20)15-18(23)19-16-5-7-17(8-6-16)22-9-3-4-10-22/h5-8H,2-4,9-15H2,1H3,(H,19,23). The predicted molar refractivity (Wildman–Crippen MR) is 95.1 cm³/mol. The number of hydrogen-bond donors (Lipinski definition) is 1. The second kappa shape index (κ2) is 7.79. The number of piperazine rings is 1. The van der Waals surface area contributed by atoms with E-state index in [4.69, 9.17) is 0 Å². The van der Waals surface area contributed by atoms with Crippen molar-refractivity contribution < 1.29 is 4.79 Å². The zero-order chi connectivity index (χ0) is 16.1. The van der Waals surface area contributed by atoms with Crippen molar-refractivity contribution in [3.63, 3.8) is 0 Å². The van der Waals surface area contributed by atoms with Gasteiger partial charge in [0.1, 0.15) is 0 Å². The van der Waals surface area contributed by atoms with E-state index >= 15 is 0 Å². The molecule has 0 spiro atoms. The van der Waals surface area contributed by atoms with E-state index in [-0.39, 0.29) is 5.91 Å². The molecule has 2 fully saturated rings. The molecule has 2 heterocycles. The monoisotopic (exact) mass is 316 g/mol. The van der Waals surface area contributed by atoms with Gasteiger partial charge in [-0.2, -0.15) is 0 Å². The van der Waals surface area contributed by atoms with Crippen LogP contribution in [-0.4, -0.2) is 68.1 Å². The third-order valence-electron chi connectivity index (χ3n) is 4.90. The Kier molecular flexibility index (Phi) is 5.51. The largest absolute Gasteiger partial charge is 0.372 e. The lowest BCUT2D eigenvalue weighted by molar-refractivity contribution is -0.117. The lowest BCUT2D eigenvalue weighted by atomic mass is 10.2. The van der Waals surface area contributed by atoms with E-state index in [1.807, 2.05) is 12.1 Å². The van der Waals surface area contributed by atoms with Gasteiger partial charge in [0, 0.05) is 50.6 Å². The van der Waals surface area contributed by atoms with Crippen molar-refractivity contribution in [3.05, 3.63) is 24.3 Å². The van der Waals surface area contributed by atoms with Gasteiger partial charge < -0.3 is 15.1 Å². The van der Waals surface area contributed by atoms with Crippen molar-refractivity contribution in [3.8, 4) is 0 Å². The molecule has 0 atom stereocenters. The highest BCUT2D eigenvalue weighted by Gasteiger charge is 2.18. The van der Waals surface area contributed by atoms with Gasteiger partial charge >= 0.3 is 0 Å². The van der Waals surface area contributed by atoms with Crippen LogP contribution in [0.4, 0.5) is 11.4 Å². The molecule has 5 heteroatoms. The molecule has 0 radical (unpaired) electrons. The molecule has 0 bridgehead atoms. The molecule has 1 aromatic carbocycles. The predicted octanol–water partition coefficient (Wildman–Crippen LogP) is 1.86. The van der Waals surface area contributed by atoms with E-state index in [9.17, 15) is 4.79 Å². The summed E-state index contributed by atoms with van der Waals surface area (Å²) in [7, 11) is 0. The summed E-state index contributed by atoms with van der Waals surface area (Å²) in [6, 6.07) is 8.25. The second-order valence-electron chi connectivity index (χ2n) is 6.50. The molecule has 1 aromatic rings. The van der Waals surface area contributed by atoms with E-state index in [0.29, 0.717) is 6.54 Å². The molecule has 2 aliphatic heterocycles. The average Bonchev–Trinajstić information content (AvgIpc) is 3.11. The first-order valence-electron chi connectivity index (χ1n) is 8.84. The number of likely N-dealkylation sites (N-methyl/N-ethyl adjacent to an activating group) is 1. The zero-order valence-electron chi connectivity index (χ0n) is 14.1. The number of hydrogen-bond acceptors (Lipinski definition) is 4. The fraction of sp³-hybridized carbons (Fsp3) is 0.611. The SMILES string of the molecule is CCN1CCN(CC(=O)Nc2ccc(N3CCCC3)cc2)CC1. The van der Waals surface area contributed by atoms with Crippen molar-refractivity contribution in [1.29, 1.82) is 0 Å². The number of carbonyl (C=O) groups excluding carboxylic acids is 1. The molecule has 126 valence electrons. The van der Waals surface area contributed by atoms with Crippen LogP contribution in [-0.2, 0) is 4.79 Å². The fourth-order valence-electron chi connectivity index (χ4n) is 3.40. The van der Waals surface area contributed by atoms with Gasteiger partial charge in [0.15, 0.2) is 0 Å². The summed E-state index contributed by atoms with van der Waals surface area (Å²) < 4.78 is 0. The van der Waals surface area contributed by atoms with E-state index in [2.05, 4.69) is 39.1 Å². The van der Waals surface area contributed by atoms with Crippen LogP contribution in [0.15, 0.2) is 24.3 Å². The van der Waals surface area contributed by atoms with Gasteiger partial charge in [-0.15, -0.1) is 0 Å². The molecule has 0 aromatic heterocycles. The molecule has 1 amide bonds. The molecule has 2 aliphatic rings. The maximum atomic E-state index is 12.2. The van der Waals surface area contributed by atoms with Gasteiger partial charge in [0.2, 0.25) is 5.91 Å². The average molecular weight is 316 g/mol. The Bertz CT molecular complexity index is 502. The second-order valence-corrected chi connectivity index (χ2v) is 6.50. The first kappa shape index (κ1) is 16.3. The van der Waals surface area contributed by atoms with Gasteiger partial charge in [-0.25, -0.2) is 0 Å². The van der Waals surface area contributed by atoms with Gasteiger partial charge in [-0.05, 0) is 43.7 Å².